The molecular weight excluding hydrogens is 340 g/mol. The van der Waals surface area contributed by atoms with Crippen molar-refractivity contribution in [1.29, 1.82) is 0 Å². The number of aromatic nitrogens is 2. The van der Waals surface area contributed by atoms with Crippen LogP contribution in [0.3, 0.4) is 0 Å². The van der Waals surface area contributed by atoms with Gasteiger partial charge in [0.15, 0.2) is 0 Å². The average Bonchev–Trinajstić information content (AvgIpc) is 3.37. The fourth-order valence-electron chi connectivity index (χ4n) is 3.23. The minimum atomic E-state index is 0.467. The molecule has 1 aliphatic carbocycles. The molecule has 2 heterocycles. The molecule has 1 aromatic carbocycles. The third-order valence-corrected chi connectivity index (χ3v) is 5.06. The topological polar surface area (TPSA) is 99.4 Å². The number of nitrogens with zero attached hydrogens (tertiary/aromatic N) is 3. The maximum absolute atomic E-state index is 11.2. The summed E-state index contributed by atoms with van der Waals surface area (Å²) in [4.78, 5) is 17.5. The summed E-state index contributed by atoms with van der Waals surface area (Å²) in [5.41, 5.74) is 11.2. The lowest BCUT2D eigenvalue weighted by molar-refractivity contribution is -0.117. The van der Waals surface area contributed by atoms with Crippen LogP contribution in [0, 0.1) is 5.92 Å². The summed E-state index contributed by atoms with van der Waals surface area (Å²) in [6.45, 7) is 2.19. The summed E-state index contributed by atoms with van der Waals surface area (Å²) in [5, 5.41) is 10.5. The number of rotatable bonds is 7. The Morgan fingerprint density at radius 3 is 2.81 bits per heavy atom. The zero-order valence-electron chi connectivity index (χ0n) is 15.2. The highest BCUT2D eigenvalue weighted by molar-refractivity contribution is 6.00. The van der Waals surface area contributed by atoms with Gasteiger partial charge < -0.3 is 16.0 Å². The number of nitrogens with one attached hydrogen (secondary N) is 2. The Morgan fingerprint density at radius 1 is 1.33 bits per heavy atom. The first-order chi connectivity index (χ1) is 13.2. The SMILES string of the molecule is NC(=Nc1ccc(-c2ccn[nH]2)cc1)C1=C(NCC2CC2)CCN(C=O)C1. The molecule has 1 amide bonds. The van der Waals surface area contributed by atoms with Crippen LogP contribution in [0.1, 0.15) is 19.3 Å². The van der Waals surface area contributed by atoms with E-state index in [4.69, 9.17) is 5.73 Å². The van der Waals surface area contributed by atoms with Crippen LogP contribution in [0.4, 0.5) is 5.69 Å². The number of H-pyrrole nitrogens is 1. The van der Waals surface area contributed by atoms with Gasteiger partial charge in [-0.3, -0.25) is 9.89 Å². The number of aromatic amines is 1. The number of amidine groups is 1. The summed E-state index contributed by atoms with van der Waals surface area (Å²) < 4.78 is 0. The number of aliphatic imine (C=N–C) groups is 1. The van der Waals surface area contributed by atoms with Crippen molar-refractivity contribution in [3.63, 3.8) is 0 Å². The second kappa shape index (κ2) is 7.65. The number of carbonyl (C=O) groups excluding carboxylic acids is 1. The first-order valence-corrected chi connectivity index (χ1v) is 9.32. The van der Waals surface area contributed by atoms with E-state index in [9.17, 15) is 4.79 Å². The third kappa shape index (κ3) is 4.19. The summed E-state index contributed by atoms with van der Waals surface area (Å²) in [6, 6.07) is 9.76. The Kier molecular flexibility index (Phi) is 4.91. The van der Waals surface area contributed by atoms with Crippen molar-refractivity contribution in [2.45, 2.75) is 19.3 Å². The molecule has 4 rings (SSSR count). The molecule has 7 heteroatoms. The van der Waals surface area contributed by atoms with Crippen LogP contribution >= 0.6 is 0 Å². The van der Waals surface area contributed by atoms with Crippen molar-refractivity contribution < 1.29 is 4.79 Å². The molecular formula is C20H24N6O. The fourth-order valence-corrected chi connectivity index (χ4v) is 3.23. The molecule has 2 aromatic rings. The largest absolute Gasteiger partial charge is 0.388 e. The van der Waals surface area contributed by atoms with Crippen molar-refractivity contribution in [1.82, 2.24) is 20.4 Å². The Balaban J connectivity index is 1.55. The van der Waals surface area contributed by atoms with Gasteiger partial charge in [-0.2, -0.15) is 5.10 Å². The monoisotopic (exact) mass is 364 g/mol. The predicted molar refractivity (Wildman–Crippen MR) is 105 cm³/mol. The van der Waals surface area contributed by atoms with Crippen molar-refractivity contribution in [2.75, 3.05) is 19.6 Å². The highest BCUT2D eigenvalue weighted by Crippen LogP contribution is 2.29. The van der Waals surface area contributed by atoms with Gasteiger partial charge >= 0.3 is 0 Å². The van der Waals surface area contributed by atoms with Crippen LogP contribution in [0.25, 0.3) is 11.3 Å². The summed E-state index contributed by atoms with van der Waals surface area (Å²) in [7, 11) is 0. The second-order valence-electron chi connectivity index (χ2n) is 7.12. The summed E-state index contributed by atoms with van der Waals surface area (Å²) in [5.74, 6) is 1.24. The van der Waals surface area contributed by atoms with Gasteiger partial charge in [-0.05, 0) is 42.5 Å². The van der Waals surface area contributed by atoms with Crippen molar-refractivity contribution in [3.8, 4) is 11.3 Å². The van der Waals surface area contributed by atoms with E-state index in [0.717, 1.165) is 53.5 Å². The highest BCUT2D eigenvalue weighted by atomic mass is 16.1. The van der Waals surface area contributed by atoms with Crippen molar-refractivity contribution >= 4 is 17.9 Å². The normalized spacial score (nSPS) is 17.9. The number of nitrogens with two attached hydrogens (primary N) is 1. The lowest BCUT2D eigenvalue weighted by Crippen LogP contribution is -2.38. The van der Waals surface area contributed by atoms with Crippen LogP contribution in [0.5, 0.6) is 0 Å². The third-order valence-electron chi connectivity index (χ3n) is 5.06. The molecule has 0 saturated heterocycles. The molecule has 1 saturated carbocycles. The number of benzene rings is 1. The summed E-state index contributed by atoms with van der Waals surface area (Å²) >= 11 is 0. The molecule has 1 aliphatic heterocycles. The number of carbonyl (C=O) groups is 1. The Labute approximate surface area is 158 Å². The van der Waals surface area contributed by atoms with Crippen molar-refractivity contribution in [2.24, 2.45) is 16.6 Å². The predicted octanol–water partition coefficient (Wildman–Crippen LogP) is 2.18. The standard InChI is InChI=1S/C20H24N6O/c21-20(24-16-5-3-15(4-6-16)18-7-9-23-25-18)17-12-26(13-27)10-8-19(17)22-11-14-1-2-14/h3-7,9,13-14,22H,1-2,8,10-12H2,(H2,21,24)(H,23,25). The van der Waals surface area contributed by atoms with E-state index < -0.39 is 0 Å². The van der Waals surface area contributed by atoms with Gasteiger partial charge in [-0.25, -0.2) is 4.99 Å². The zero-order valence-corrected chi connectivity index (χ0v) is 15.2. The molecule has 0 unspecified atom stereocenters. The smallest absolute Gasteiger partial charge is 0.210 e. The molecule has 1 aromatic heterocycles. The molecule has 0 radical (unpaired) electrons. The molecule has 0 bridgehead atoms. The summed E-state index contributed by atoms with van der Waals surface area (Å²) in [6.07, 6.45) is 5.98. The Bertz CT molecular complexity index is 849. The van der Waals surface area contributed by atoms with E-state index in [1.807, 2.05) is 30.3 Å². The molecule has 2 aliphatic rings. The van der Waals surface area contributed by atoms with E-state index in [0.29, 0.717) is 18.9 Å². The maximum Gasteiger partial charge on any atom is 0.210 e. The Morgan fingerprint density at radius 2 is 2.15 bits per heavy atom. The van der Waals surface area contributed by atoms with Gasteiger partial charge in [0, 0.05) is 37.0 Å². The molecule has 140 valence electrons. The van der Waals surface area contributed by atoms with E-state index >= 15 is 0 Å². The molecule has 0 atom stereocenters. The van der Waals surface area contributed by atoms with E-state index in [1.54, 1.807) is 11.1 Å². The van der Waals surface area contributed by atoms with E-state index in [-0.39, 0.29) is 0 Å². The minimum absolute atomic E-state index is 0.467. The van der Waals surface area contributed by atoms with Gasteiger partial charge in [0.1, 0.15) is 5.84 Å². The van der Waals surface area contributed by atoms with Gasteiger partial charge in [0.2, 0.25) is 6.41 Å². The minimum Gasteiger partial charge on any atom is -0.388 e. The van der Waals surface area contributed by atoms with Gasteiger partial charge in [-0.15, -0.1) is 0 Å². The second-order valence-corrected chi connectivity index (χ2v) is 7.12. The molecule has 0 spiro atoms. The van der Waals surface area contributed by atoms with Crippen LogP contribution in [0.2, 0.25) is 0 Å². The van der Waals surface area contributed by atoms with Crippen LogP contribution in [-0.2, 0) is 4.79 Å². The van der Waals surface area contributed by atoms with Gasteiger partial charge in [0.05, 0.1) is 17.9 Å². The fraction of sp³-hybridized carbons (Fsp3) is 0.350. The molecule has 27 heavy (non-hydrogen) atoms. The van der Waals surface area contributed by atoms with E-state index in [2.05, 4.69) is 20.5 Å². The number of hydrogen-bond donors (Lipinski definition) is 3. The van der Waals surface area contributed by atoms with E-state index in [1.165, 1.54) is 12.8 Å². The van der Waals surface area contributed by atoms with Gasteiger partial charge in [-0.1, -0.05) is 12.1 Å². The van der Waals surface area contributed by atoms with Crippen molar-refractivity contribution in [3.05, 3.63) is 47.8 Å². The van der Waals surface area contributed by atoms with Crippen LogP contribution < -0.4 is 11.1 Å². The zero-order chi connectivity index (χ0) is 18.6. The molecule has 7 nitrogen and oxygen atoms in total. The maximum atomic E-state index is 11.2. The highest BCUT2D eigenvalue weighted by Gasteiger charge is 2.24. The molecule has 1 fully saturated rings. The first-order valence-electron chi connectivity index (χ1n) is 9.32. The lowest BCUT2D eigenvalue weighted by Gasteiger charge is -2.28. The number of hydrogen-bond acceptors (Lipinski definition) is 4. The van der Waals surface area contributed by atoms with Gasteiger partial charge in [0.25, 0.3) is 0 Å². The average molecular weight is 364 g/mol. The Hall–Kier alpha value is -3.09. The lowest BCUT2D eigenvalue weighted by atomic mass is 10.0. The molecule has 4 N–H and O–H groups in total. The van der Waals surface area contributed by atoms with Crippen LogP contribution in [0.15, 0.2) is 52.8 Å². The van der Waals surface area contributed by atoms with Crippen LogP contribution in [-0.4, -0.2) is 47.0 Å². The number of amides is 1. The first kappa shape index (κ1) is 17.3. The quantitative estimate of drug-likeness (QED) is 0.398.